The standard InChI is InChI=1S/C10H12S/c11-10-7-3-5-8-4-1-2-6-9(8)10/h3,5,7,11H,1-2,4,6H2. The van der Waals surface area contributed by atoms with Crippen LogP contribution in [0.5, 0.6) is 0 Å². The van der Waals surface area contributed by atoms with Gasteiger partial charge in [0.2, 0.25) is 0 Å². The first kappa shape index (κ1) is 7.23. The Morgan fingerprint density at radius 3 is 2.73 bits per heavy atom. The molecule has 1 aromatic carbocycles. The van der Waals surface area contributed by atoms with E-state index in [1.165, 1.54) is 41.7 Å². The average molecular weight is 164 g/mol. The van der Waals surface area contributed by atoms with Gasteiger partial charge in [0.1, 0.15) is 0 Å². The molecule has 0 saturated heterocycles. The smallest absolute Gasteiger partial charge is 0.00747 e. The van der Waals surface area contributed by atoms with E-state index >= 15 is 0 Å². The molecule has 0 aromatic heterocycles. The number of benzene rings is 1. The van der Waals surface area contributed by atoms with Crippen molar-refractivity contribution in [3.05, 3.63) is 29.3 Å². The monoisotopic (exact) mass is 164 g/mol. The Morgan fingerprint density at radius 2 is 1.91 bits per heavy atom. The van der Waals surface area contributed by atoms with Gasteiger partial charge in [-0.1, -0.05) is 12.1 Å². The third-order valence-corrected chi connectivity index (χ3v) is 2.79. The summed E-state index contributed by atoms with van der Waals surface area (Å²) in [4.78, 5) is 1.18. The highest BCUT2D eigenvalue weighted by Crippen LogP contribution is 2.26. The molecule has 1 heteroatoms. The Bertz CT molecular complexity index is 266. The number of fused-ring (bicyclic) bond motifs is 1. The summed E-state index contributed by atoms with van der Waals surface area (Å²) in [6.07, 6.45) is 5.17. The Labute approximate surface area is 73.0 Å². The summed E-state index contributed by atoms with van der Waals surface area (Å²) in [6, 6.07) is 6.42. The van der Waals surface area contributed by atoms with Crippen LogP contribution >= 0.6 is 12.6 Å². The summed E-state index contributed by atoms with van der Waals surface area (Å²) in [6.45, 7) is 0. The van der Waals surface area contributed by atoms with Gasteiger partial charge in [0.05, 0.1) is 0 Å². The highest BCUT2D eigenvalue weighted by molar-refractivity contribution is 7.80. The molecule has 0 unspecified atom stereocenters. The highest BCUT2D eigenvalue weighted by Gasteiger charge is 2.09. The van der Waals surface area contributed by atoms with Crippen LogP contribution in [0.25, 0.3) is 0 Å². The minimum atomic E-state index is 1.18. The fourth-order valence-corrected chi connectivity index (χ4v) is 2.10. The molecular weight excluding hydrogens is 152 g/mol. The average Bonchev–Trinajstić information content (AvgIpc) is 2.06. The predicted molar refractivity (Wildman–Crippen MR) is 50.3 cm³/mol. The molecule has 0 bridgehead atoms. The van der Waals surface area contributed by atoms with E-state index in [0.717, 1.165) is 0 Å². The quantitative estimate of drug-likeness (QED) is 0.560. The van der Waals surface area contributed by atoms with Crippen molar-refractivity contribution in [3.63, 3.8) is 0 Å². The van der Waals surface area contributed by atoms with E-state index in [1.54, 1.807) is 0 Å². The molecular formula is C10H12S. The van der Waals surface area contributed by atoms with Gasteiger partial charge < -0.3 is 0 Å². The second-order valence-corrected chi connectivity index (χ2v) is 3.60. The summed E-state index contributed by atoms with van der Waals surface area (Å²) < 4.78 is 0. The molecule has 58 valence electrons. The molecule has 2 rings (SSSR count). The Morgan fingerprint density at radius 1 is 1.09 bits per heavy atom. The third-order valence-electron chi connectivity index (χ3n) is 2.37. The van der Waals surface area contributed by atoms with Crippen molar-refractivity contribution in [1.29, 1.82) is 0 Å². The summed E-state index contributed by atoms with van der Waals surface area (Å²) in [7, 11) is 0. The van der Waals surface area contributed by atoms with Crippen LogP contribution in [0.4, 0.5) is 0 Å². The molecule has 0 radical (unpaired) electrons. The van der Waals surface area contributed by atoms with Crippen molar-refractivity contribution in [3.8, 4) is 0 Å². The lowest BCUT2D eigenvalue weighted by Gasteiger charge is -2.16. The zero-order valence-electron chi connectivity index (χ0n) is 6.51. The van der Waals surface area contributed by atoms with Crippen LogP contribution in [0.3, 0.4) is 0 Å². The third kappa shape index (κ3) is 1.30. The minimum Gasteiger partial charge on any atom is -0.143 e. The van der Waals surface area contributed by atoms with Crippen molar-refractivity contribution < 1.29 is 0 Å². The maximum absolute atomic E-state index is 4.44. The molecule has 0 aliphatic heterocycles. The van der Waals surface area contributed by atoms with Crippen LogP contribution in [-0.2, 0) is 12.8 Å². The molecule has 1 aliphatic rings. The molecule has 0 fully saturated rings. The van der Waals surface area contributed by atoms with Gasteiger partial charge in [0.15, 0.2) is 0 Å². The van der Waals surface area contributed by atoms with Crippen LogP contribution in [0, 0.1) is 0 Å². The summed E-state index contributed by atoms with van der Waals surface area (Å²) in [5, 5.41) is 0. The van der Waals surface area contributed by atoms with Gasteiger partial charge in [-0.2, -0.15) is 0 Å². The Balaban J connectivity index is 2.49. The SMILES string of the molecule is Sc1cccc2c1CCCC2. The van der Waals surface area contributed by atoms with Gasteiger partial charge >= 0.3 is 0 Å². The van der Waals surface area contributed by atoms with Gasteiger partial charge in [-0.05, 0) is 42.9 Å². The predicted octanol–water partition coefficient (Wildman–Crippen LogP) is 2.85. The number of aryl methyl sites for hydroxylation is 1. The fraction of sp³-hybridized carbons (Fsp3) is 0.400. The molecule has 0 amide bonds. The number of thiol groups is 1. The molecule has 11 heavy (non-hydrogen) atoms. The van der Waals surface area contributed by atoms with E-state index in [9.17, 15) is 0 Å². The van der Waals surface area contributed by atoms with Crippen LogP contribution in [0.15, 0.2) is 23.1 Å². The number of hydrogen-bond donors (Lipinski definition) is 1. The molecule has 0 atom stereocenters. The van der Waals surface area contributed by atoms with Crippen molar-refractivity contribution in [2.75, 3.05) is 0 Å². The summed E-state index contributed by atoms with van der Waals surface area (Å²) >= 11 is 4.44. The van der Waals surface area contributed by atoms with Crippen molar-refractivity contribution in [2.45, 2.75) is 30.6 Å². The first-order valence-corrected chi connectivity index (χ1v) is 4.62. The van der Waals surface area contributed by atoms with Gasteiger partial charge in [-0.25, -0.2) is 0 Å². The lowest BCUT2D eigenvalue weighted by Crippen LogP contribution is -2.02. The molecule has 0 nitrogen and oxygen atoms in total. The van der Waals surface area contributed by atoms with Gasteiger partial charge in [0.25, 0.3) is 0 Å². The first-order chi connectivity index (χ1) is 5.38. The van der Waals surface area contributed by atoms with E-state index in [0.29, 0.717) is 0 Å². The Hall–Kier alpha value is -0.430. The zero-order chi connectivity index (χ0) is 7.68. The summed E-state index contributed by atoms with van der Waals surface area (Å²) in [5.74, 6) is 0. The van der Waals surface area contributed by atoms with Crippen molar-refractivity contribution in [1.82, 2.24) is 0 Å². The lowest BCUT2D eigenvalue weighted by molar-refractivity contribution is 0.676. The highest BCUT2D eigenvalue weighted by atomic mass is 32.1. The largest absolute Gasteiger partial charge is 0.143 e. The minimum absolute atomic E-state index is 1.18. The second-order valence-electron chi connectivity index (χ2n) is 3.12. The normalized spacial score (nSPS) is 16.1. The van der Waals surface area contributed by atoms with Crippen LogP contribution < -0.4 is 0 Å². The molecule has 0 spiro atoms. The molecule has 1 aliphatic carbocycles. The van der Waals surface area contributed by atoms with Crippen molar-refractivity contribution in [2.24, 2.45) is 0 Å². The van der Waals surface area contributed by atoms with E-state index in [4.69, 9.17) is 0 Å². The van der Waals surface area contributed by atoms with E-state index in [1.807, 2.05) is 0 Å². The van der Waals surface area contributed by atoms with Crippen LogP contribution in [0.1, 0.15) is 24.0 Å². The first-order valence-electron chi connectivity index (χ1n) is 4.17. The number of rotatable bonds is 0. The van der Waals surface area contributed by atoms with Crippen LogP contribution in [-0.4, -0.2) is 0 Å². The van der Waals surface area contributed by atoms with E-state index in [2.05, 4.69) is 30.8 Å². The topological polar surface area (TPSA) is 0 Å². The maximum Gasteiger partial charge on any atom is 0.00747 e. The van der Waals surface area contributed by atoms with E-state index in [-0.39, 0.29) is 0 Å². The van der Waals surface area contributed by atoms with Gasteiger partial charge in [0, 0.05) is 4.90 Å². The molecule has 1 aromatic rings. The van der Waals surface area contributed by atoms with Gasteiger partial charge in [-0.15, -0.1) is 12.6 Å². The van der Waals surface area contributed by atoms with E-state index < -0.39 is 0 Å². The zero-order valence-corrected chi connectivity index (χ0v) is 7.40. The summed E-state index contributed by atoms with van der Waals surface area (Å²) in [5.41, 5.74) is 3.01. The Kier molecular flexibility index (Phi) is 1.91. The second kappa shape index (κ2) is 2.90. The lowest BCUT2D eigenvalue weighted by atomic mass is 9.92. The molecule has 0 N–H and O–H groups in total. The van der Waals surface area contributed by atoms with Crippen LogP contribution in [0.2, 0.25) is 0 Å². The van der Waals surface area contributed by atoms with Gasteiger partial charge in [-0.3, -0.25) is 0 Å². The molecule has 0 saturated carbocycles. The molecule has 0 heterocycles. The van der Waals surface area contributed by atoms with Crippen molar-refractivity contribution >= 4 is 12.6 Å². The number of hydrogen-bond acceptors (Lipinski definition) is 1. The maximum atomic E-state index is 4.44. The fourth-order valence-electron chi connectivity index (χ4n) is 1.76.